The number of rotatable bonds is 17. The molecule has 0 aromatic carbocycles. The van der Waals surface area contributed by atoms with Gasteiger partial charge >= 0.3 is 0 Å². The van der Waals surface area contributed by atoms with Crippen molar-refractivity contribution in [3.8, 4) is 0 Å². The summed E-state index contributed by atoms with van der Waals surface area (Å²) >= 11 is 0. The lowest BCUT2D eigenvalue weighted by Crippen LogP contribution is -2.40. The first-order valence-electron chi connectivity index (χ1n) is 12.4. The highest BCUT2D eigenvalue weighted by molar-refractivity contribution is 4.80. The highest BCUT2D eigenvalue weighted by Gasteiger charge is 2.23. The van der Waals surface area contributed by atoms with Crippen molar-refractivity contribution in [2.45, 2.75) is 151 Å². The molecule has 1 N–H and O–H groups in total. The lowest BCUT2D eigenvalue weighted by Gasteiger charge is -2.32. The summed E-state index contributed by atoms with van der Waals surface area (Å²) in [7, 11) is 0. The van der Waals surface area contributed by atoms with Gasteiger partial charge in [0.05, 0.1) is 0 Å². The molecule has 0 rings (SSSR count). The topological polar surface area (TPSA) is 12.0 Å². The average molecular weight is 382 g/mol. The third-order valence-electron chi connectivity index (χ3n) is 5.89. The standard InChI is InChI=1S/C26H55N/c1-8-9-10-11-15-18-21-24(26(5,6)7)27-23-20-17-14-12-13-16-19-22-25(2,3)4/h24,27H,8-23H2,1-7H3. The minimum atomic E-state index is 0.385. The summed E-state index contributed by atoms with van der Waals surface area (Å²) < 4.78 is 0. The second-order valence-electron chi connectivity index (χ2n) is 11.2. The predicted molar refractivity (Wildman–Crippen MR) is 126 cm³/mol. The van der Waals surface area contributed by atoms with Gasteiger partial charge in [0.25, 0.3) is 0 Å². The van der Waals surface area contributed by atoms with Crippen molar-refractivity contribution in [3.05, 3.63) is 0 Å². The Morgan fingerprint density at radius 3 is 1.59 bits per heavy atom. The van der Waals surface area contributed by atoms with Crippen LogP contribution in [0.2, 0.25) is 0 Å². The quantitative estimate of drug-likeness (QED) is 0.248. The molecule has 0 aliphatic rings. The number of hydrogen-bond acceptors (Lipinski definition) is 1. The first-order valence-corrected chi connectivity index (χ1v) is 12.4. The molecule has 1 unspecified atom stereocenters. The highest BCUT2D eigenvalue weighted by atomic mass is 14.9. The summed E-state index contributed by atoms with van der Waals surface area (Å²) in [6.07, 6.45) is 21.1. The number of hydrogen-bond donors (Lipinski definition) is 1. The molecule has 0 fully saturated rings. The van der Waals surface area contributed by atoms with E-state index in [0.717, 1.165) is 0 Å². The summed E-state index contributed by atoms with van der Waals surface area (Å²) in [5.41, 5.74) is 0.904. The van der Waals surface area contributed by atoms with Gasteiger partial charge < -0.3 is 5.32 Å². The third-order valence-corrected chi connectivity index (χ3v) is 5.89. The second kappa shape index (κ2) is 15.8. The largest absolute Gasteiger partial charge is 0.313 e. The van der Waals surface area contributed by atoms with Crippen LogP contribution in [0.5, 0.6) is 0 Å². The molecular weight excluding hydrogens is 326 g/mol. The molecule has 0 radical (unpaired) electrons. The van der Waals surface area contributed by atoms with Crippen LogP contribution in [0.1, 0.15) is 145 Å². The van der Waals surface area contributed by atoms with Crippen molar-refractivity contribution < 1.29 is 0 Å². The fourth-order valence-electron chi connectivity index (χ4n) is 3.91. The van der Waals surface area contributed by atoms with Crippen LogP contribution in [0.15, 0.2) is 0 Å². The van der Waals surface area contributed by atoms with Crippen LogP contribution < -0.4 is 5.32 Å². The van der Waals surface area contributed by atoms with E-state index < -0.39 is 0 Å². The van der Waals surface area contributed by atoms with Gasteiger partial charge in [-0.1, -0.05) is 126 Å². The Hall–Kier alpha value is -0.0400. The smallest absolute Gasteiger partial charge is 0.0116 e. The monoisotopic (exact) mass is 381 g/mol. The van der Waals surface area contributed by atoms with E-state index in [4.69, 9.17) is 0 Å². The SMILES string of the molecule is CCCCCCCCC(NCCCCCCCCCC(C)(C)C)C(C)(C)C. The minimum absolute atomic E-state index is 0.385. The van der Waals surface area contributed by atoms with Crippen molar-refractivity contribution in [2.75, 3.05) is 6.54 Å². The van der Waals surface area contributed by atoms with Crippen LogP contribution in [0.25, 0.3) is 0 Å². The summed E-state index contributed by atoms with van der Waals surface area (Å²) in [4.78, 5) is 0. The van der Waals surface area contributed by atoms with Gasteiger partial charge in [-0.05, 0) is 36.6 Å². The van der Waals surface area contributed by atoms with E-state index in [2.05, 4.69) is 53.8 Å². The van der Waals surface area contributed by atoms with Crippen LogP contribution in [0, 0.1) is 10.8 Å². The molecule has 164 valence electrons. The summed E-state index contributed by atoms with van der Waals surface area (Å²) in [5, 5.41) is 3.89. The van der Waals surface area contributed by atoms with Crippen molar-refractivity contribution in [2.24, 2.45) is 10.8 Å². The Morgan fingerprint density at radius 2 is 1.07 bits per heavy atom. The van der Waals surface area contributed by atoms with Crippen LogP contribution in [-0.2, 0) is 0 Å². The zero-order chi connectivity index (χ0) is 20.6. The summed E-state index contributed by atoms with van der Waals surface area (Å²) in [5.74, 6) is 0. The van der Waals surface area contributed by atoms with E-state index in [0.29, 0.717) is 16.9 Å². The lowest BCUT2D eigenvalue weighted by molar-refractivity contribution is 0.247. The first kappa shape index (κ1) is 27.0. The van der Waals surface area contributed by atoms with E-state index in [9.17, 15) is 0 Å². The second-order valence-corrected chi connectivity index (χ2v) is 11.2. The Bertz CT molecular complexity index is 307. The van der Waals surface area contributed by atoms with E-state index in [1.54, 1.807) is 0 Å². The molecule has 0 saturated heterocycles. The van der Waals surface area contributed by atoms with Crippen molar-refractivity contribution in [1.29, 1.82) is 0 Å². The molecule has 0 bridgehead atoms. The molecule has 0 aromatic rings. The lowest BCUT2D eigenvalue weighted by atomic mass is 9.83. The summed E-state index contributed by atoms with van der Waals surface area (Å²) in [6, 6.07) is 0.682. The minimum Gasteiger partial charge on any atom is -0.313 e. The highest BCUT2D eigenvalue weighted by Crippen LogP contribution is 2.24. The molecule has 27 heavy (non-hydrogen) atoms. The molecule has 1 nitrogen and oxygen atoms in total. The Balaban J connectivity index is 3.65. The van der Waals surface area contributed by atoms with Crippen LogP contribution in [-0.4, -0.2) is 12.6 Å². The van der Waals surface area contributed by atoms with E-state index >= 15 is 0 Å². The molecule has 0 amide bonds. The van der Waals surface area contributed by atoms with Crippen molar-refractivity contribution in [1.82, 2.24) is 5.32 Å². The van der Waals surface area contributed by atoms with Crippen molar-refractivity contribution >= 4 is 0 Å². The molecule has 0 aromatic heterocycles. The van der Waals surface area contributed by atoms with E-state index in [1.165, 1.54) is 103 Å². The van der Waals surface area contributed by atoms with Gasteiger partial charge in [0.1, 0.15) is 0 Å². The molecule has 0 aliphatic carbocycles. The van der Waals surface area contributed by atoms with Crippen LogP contribution in [0.3, 0.4) is 0 Å². The molecule has 0 aliphatic heterocycles. The number of nitrogens with one attached hydrogen (secondary N) is 1. The maximum Gasteiger partial charge on any atom is 0.0116 e. The van der Waals surface area contributed by atoms with Crippen molar-refractivity contribution in [3.63, 3.8) is 0 Å². The summed E-state index contributed by atoms with van der Waals surface area (Å²) in [6.45, 7) is 17.8. The molecule has 0 saturated carbocycles. The van der Waals surface area contributed by atoms with Gasteiger partial charge in [0.15, 0.2) is 0 Å². The Kier molecular flexibility index (Phi) is 15.8. The van der Waals surface area contributed by atoms with E-state index in [1.807, 2.05) is 0 Å². The van der Waals surface area contributed by atoms with Gasteiger partial charge in [-0.2, -0.15) is 0 Å². The third kappa shape index (κ3) is 19.1. The van der Waals surface area contributed by atoms with E-state index in [-0.39, 0.29) is 0 Å². The number of unbranched alkanes of at least 4 members (excludes halogenated alkanes) is 11. The molecule has 1 heteroatoms. The maximum absolute atomic E-state index is 3.89. The molecule has 0 heterocycles. The predicted octanol–water partition coefficient (Wildman–Crippen LogP) is 8.91. The molecule has 0 spiro atoms. The fourth-order valence-corrected chi connectivity index (χ4v) is 3.91. The Morgan fingerprint density at radius 1 is 0.593 bits per heavy atom. The Labute approximate surface area is 173 Å². The maximum atomic E-state index is 3.89. The van der Waals surface area contributed by atoms with Gasteiger partial charge in [0.2, 0.25) is 0 Å². The first-order chi connectivity index (χ1) is 12.7. The van der Waals surface area contributed by atoms with Gasteiger partial charge in [-0.15, -0.1) is 0 Å². The fraction of sp³-hybridized carbons (Fsp3) is 1.00. The zero-order valence-corrected chi connectivity index (χ0v) is 20.4. The van der Waals surface area contributed by atoms with Crippen LogP contribution in [0.4, 0.5) is 0 Å². The van der Waals surface area contributed by atoms with Crippen LogP contribution >= 0.6 is 0 Å². The average Bonchev–Trinajstić information content (AvgIpc) is 2.55. The molecule has 1 atom stereocenters. The molecular formula is C26H55N. The normalized spacial score (nSPS) is 13.9. The zero-order valence-electron chi connectivity index (χ0n) is 20.4. The van der Waals surface area contributed by atoms with Gasteiger partial charge in [-0.25, -0.2) is 0 Å². The van der Waals surface area contributed by atoms with Gasteiger partial charge in [-0.3, -0.25) is 0 Å². The van der Waals surface area contributed by atoms with Gasteiger partial charge in [0, 0.05) is 6.04 Å².